The number of rotatable bonds is 9. The number of hydrogen-bond donors (Lipinski definition) is 1. The van der Waals surface area contributed by atoms with Gasteiger partial charge in [0.2, 0.25) is 0 Å². The first-order valence-corrected chi connectivity index (χ1v) is 13.4. The van der Waals surface area contributed by atoms with Crippen LogP contribution in [0.3, 0.4) is 0 Å². The highest BCUT2D eigenvalue weighted by Crippen LogP contribution is 2.32. The Balaban J connectivity index is 1.59. The molecule has 0 saturated heterocycles. The van der Waals surface area contributed by atoms with Crippen LogP contribution in [-0.2, 0) is 14.8 Å². The number of nitrogens with zero attached hydrogens (tertiary/aromatic N) is 4. The van der Waals surface area contributed by atoms with Gasteiger partial charge >= 0.3 is 0 Å². The summed E-state index contributed by atoms with van der Waals surface area (Å²) in [6.07, 6.45) is 1.48. The van der Waals surface area contributed by atoms with E-state index in [0.29, 0.717) is 4.31 Å². The van der Waals surface area contributed by atoms with Crippen LogP contribution in [0.5, 0.6) is 0 Å². The van der Waals surface area contributed by atoms with Crippen molar-refractivity contribution in [1.82, 2.24) is 9.99 Å². The van der Waals surface area contributed by atoms with Crippen LogP contribution in [-0.4, -0.2) is 36.6 Å². The second kappa shape index (κ2) is 11.3. The van der Waals surface area contributed by atoms with Crippen molar-refractivity contribution in [1.29, 1.82) is 0 Å². The first kappa shape index (κ1) is 27.3. The molecule has 0 spiro atoms. The number of benzene rings is 3. The molecular formula is C28H27N5O5S. The van der Waals surface area contributed by atoms with Gasteiger partial charge in [-0.05, 0) is 57.2 Å². The quantitative estimate of drug-likeness (QED) is 0.186. The number of amides is 1. The molecule has 0 atom stereocenters. The Morgan fingerprint density at radius 2 is 1.64 bits per heavy atom. The highest BCUT2D eigenvalue weighted by Gasteiger charge is 2.31. The fourth-order valence-corrected chi connectivity index (χ4v) is 5.65. The van der Waals surface area contributed by atoms with Crippen LogP contribution in [0.1, 0.15) is 22.5 Å². The van der Waals surface area contributed by atoms with Gasteiger partial charge < -0.3 is 4.57 Å². The zero-order chi connectivity index (χ0) is 28.2. The zero-order valence-corrected chi connectivity index (χ0v) is 22.4. The number of hydrogen-bond acceptors (Lipinski definition) is 6. The van der Waals surface area contributed by atoms with Gasteiger partial charge in [0, 0.05) is 28.7 Å². The number of aryl methyl sites for hydroxylation is 2. The largest absolute Gasteiger partial charge is 0.318 e. The minimum absolute atomic E-state index is 0.108. The van der Waals surface area contributed by atoms with Crippen molar-refractivity contribution in [3.8, 4) is 5.69 Å². The van der Waals surface area contributed by atoms with Crippen molar-refractivity contribution >= 4 is 33.5 Å². The molecule has 3 aromatic carbocycles. The molecule has 4 aromatic rings. The lowest BCUT2D eigenvalue weighted by molar-refractivity contribution is -0.384. The molecule has 0 aliphatic heterocycles. The third kappa shape index (κ3) is 5.88. The third-order valence-electron chi connectivity index (χ3n) is 6.12. The Kier molecular flexibility index (Phi) is 7.91. The molecule has 11 heteroatoms. The summed E-state index contributed by atoms with van der Waals surface area (Å²) in [6.45, 7) is 5.19. The minimum Gasteiger partial charge on any atom is -0.318 e. The van der Waals surface area contributed by atoms with Crippen LogP contribution in [0.15, 0.2) is 94.9 Å². The molecule has 0 radical (unpaired) electrons. The number of hydrazone groups is 1. The highest BCUT2D eigenvalue weighted by atomic mass is 32.2. The maximum atomic E-state index is 13.5. The van der Waals surface area contributed by atoms with Gasteiger partial charge in [0.05, 0.1) is 16.0 Å². The molecule has 200 valence electrons. The molecule has 1 N–H and O–H groups in total. The lowest BCUT2D eigenvalue weighted by atomic mass is 10.2. The Labute approximate surface area is 226 Å². The topological polar surface area (TPSA) is 127 Å². The molecule has 0 aliphatic carbocycles. The van der Waals surface area contributed by atoms with Crippen LogP contribution in [0, 0.1) is 30.9 Å². The molecule has 0 fully saturated rings. The molecule has 1 aromatic heterocycles. The summed E-state index contributed by atoms with van der Waals surface area (Å²) >= 11 is 0. The van der Waals surface area contributed by atoms with E-state index in [1.807, 2.05) is 51.1 Å². The van der Waals surface area contributed by atoms with Crippen molar-refractivity contribution < 1.29 is 18.1 Å². The molecule has 0 bridgehead atoms. The smallest absolute Gasteiger partial charge is 0.293 e. The predicted molar refractivity (Wildman–Crippen MR) is 150 cm³/mol. The SMILES string of the molecule is Cc1ccc(-n2c(C)cc(/C=N\NC(=O)CN(c3ccccc3[N+](=O)[O-])S(=O)(=O)c3ccccc3)c2C)cc1. The van der Waals surface area contributed by atoms with Crippen LogP contribution in [0.25, 0.3) is 5.69 Å². The summed E-state index contributed by atoms with van der Waals surface area (Å²) in [5.41, 5.74) is 6.46. The van der Waals surface area contributed by atoms with Gasteiger partial charge in [-0.25, -0.2) is 18.1 Å². The number of nitrogens with one attached hydrogen (secondary N) is 1. The minimum atomic E-state index is -4.31. The van der Waals surface area contributed by atoms with E-state index in [-0.39, 0.29) is 10.6 Å². The molecule has 39 heavy (non-hydrogen) atoms. The first-order chi connectivity index (χ1) is 18.6. The van der Waals surface area contributed by atoms with Crippen molar-refractivity contribution in [3.05, 3.63) is 118 Å². The summed E-state index contributed by atoms with van der Waals surface area (Å²) in [5.74, 6) is -0.767. The van der Waals surface area contributed by atoms with Crippen molar-refractivity contribution in [3.63, 3.8) is 0 Å². The Morgan fingerprint density at radius 1 is 1.00 bits per heavy atom. The monoisotopic (exact) mass is 545 g/mol. The van der Waals surface area contributed by atoms with Crippen molar-refractivity contribution in [2.24, 2.45) is 5.10 Å². The summed E-state index contributed by atoms with van der Waals surface area (Å²) in [5, 5.41) is 15.7. The van der Waals surface area contributed by atoms with Crippen LogP contribution >= 0.6 is 0 Å². The van der Waals surface area contributed by atoms with E-state index in [9.17, 15) is 23.3 Å². The van der Waals surface area contributed by atoms with Crippen LogP contribution in [0.4, 0.5) is 11.4 Å². The van der Waals surface area contributed by atoms with Gasteiger partial charge in [-0.15, -0.1) is 0 Å². The molecule has 0 unspecified atom stereocenters. The molecule has 1 heterocycles. The number of anilines is 1. The fourth-order valence-electron chi connectivity index (χ4n) is 4.20. The van der Waals surface area contributed by atoms with Gasteiger partial charge in [-0.2, -0.15) is 5.10 Å². The Hall–Kier alpha value is -4.77. The van der Waals surface area contributed by atoms with E-state index >= 15 is 0 Å². The number of carbonyl (C=O) groups is 1. The van der Waals surface area contributed by atoms with Crippen molar-refractivity contribution in [2.75, 3.05) is 10.8 Å². The summed E-state index contributed by atoms with van der Waals surface area (Å²) in [6, 6.07) is 22.8. The van der Waals surface area contributed by atoms with E-state index in [1.54, 1.807) is 6.07 Å². The van der Waals surface area contributed by atoms with Crippen LogP contribution < -0.4 is 9.73 Å². The average molecular weight is 546 g/mol. The molecule has 4 rings (SSSR count). The maximum Gasteiger partial charge on any atom is 0.293 e. The molecule has 10 nitrogen and oxygen atoms in total. The van der Waals surface area contributed by atoms with E-state index < -0.39 is 33.1 Å². The Bertz CT molecular complexity index is 1650. The summed E-state index contributed by atoms with van der Waals surface area (Å²) < 4.78 is 29.7. The number of para-hydroxylation sites is 2. The molecule has 0 aliphatic rings. The summed E-state index contributed by atoms with van der Waals surface area (Å²) in [4.78, 5) is 23.7. The third-order valence-corrected chi connectivity index (χ3v) is 7.89. The predicted octanol–water partition coefficient (Wildman–Crippen LogP) is 4.66. The van der Waals surface area contributed by atoms with E-state index in [0.717, 1.165) is 28.2 Å². The lowest BCUT2D eigenvalue weighted by Crippen LogP contribution is -2.39. The van der Waals surface area contributed by atoms with Crippen molar-refractivity contribution in [2.45, 2.75) is 25.7 Å². The number of carbonyl (C=O) groups excluding carboxylic acids is 1. The fraction of sp³-hybridized carbons (Fsp3) is 0.143. The second-order valence-corrected chi connectivity index (χ2v) is 10.7. The summed E-state index contributed by atoms with van der Waals surface area (Å²) in [7, 11) is -4.31. The van der Waals surface area contributed by atoms with Gasteiger partial charge in [0.25, 0.3) is 21.6 Å². The maximum absolute atomic E-state index is 13.5. The van der Waals surface area contributed by atoms with E-state index in [2.05, 4.69) is 15.1 Å². The van der Waals surface area contributed by atoms with Gasteiger partial charge in [-0.3, -0.25) is 14.9 Å². The van der Waals surface area contributed by atoms with Gasteiger partial charge in [0.15, 0.2) is 0 Å². The van der Waals surface area contributed by atoms with Gasteiger partial charge in [0.1, 0.15) is 12.2 Å². The molecular weight excluding hydrogens is 518 g/mol. The highest BCUT2D eigenvalue weighted by molar-refractivity contribution is 7.92. The lowest BCUT2D eigenvalue weighted by Gasteiger charge is -2.23. The number of sulfonamides is 1. The number of nitro benzene ring substituents is 1. The Morgan fingerprint density at radius 3 is 2.31 bits per heavy atom. The first-order valence-electron chi connectivity index (χ1n) is 12.0. The van der Waals surface area contributed by atoms with Crippen LogP contribution in [0.2, 0.25) is 0 Å². The number of aromatic nitrogens is 1. The van der Waals surface area contributed by atoms with E-state index in [4.69, 9.17) is 0 Å². The normalized spacial score (nSPS) is 11.5. The average Bonchev–Trinajstić information content (AvgIpc) is 3.20. The zero-order valence-electron chi connectivity index (χ0n) is 21.6. The molecule has 1 amide bonds. The van der Waals surface area contributed by atoms with Gasteiger partial charge in [-0.1, -0.05) is 48.0 Å². The molecule has 0 saturated carbocycles. The standard InChI is InChI=1S/C28H27N5O5S/c1-20-13-15-24(16-14-20)32-21(2)17-23(22(32)3)18-29-30-28(34)19-31(26-11-7-8-12-27(26)33(35)36)39(37,38)25-9-5-4-6-10-25/h4-18H,19H2,1-3H3,(H,30,34)/b29-18-. The second-order valence-electron chi connectivity index (χ2n) is 8.86. The number of nitro groups is 1. The van der Waals surface area contributed by atoms with E-state index in [1.165, 1.54) is 54.7 Å².